The highest BCUT2D eigenvalue weighted by Gasteiger charge is 2.29. The molecule has 0 aromatic rings. The van der Waals surface area contributed by atoms with Gasteiger partial charge in [0.15, 0.2) is 0 Å². The van der Waals surface area contributed by atoms with Crippen LogP contribution in [0.5, 0.6) is 0 Å². The zero-order valence-electron chi connectivity index (χ0n) is 8.09. The Hall–Kier alpha value is -0.0400. The van der Waals surface area contributed by atoms with Crippen molar-refractivity contribution in [1.29, 1.82) is 0 Å². The summed E-state index contributed by atoms with van der Waals surface area (Å²) in [5.74, 6) is 1.71. The van der Waals surface area contributed by atoms with Gasteiger partial charge in [-0.1, -0.05) is 26.2 Å². The summed E-state index contributed by atoms with van der Waals surface area (Å²) in [5.41, 5.74) is 0. The Morgan fingerprint density at radius 1 is 1.08 bits per heavy atom. The van der Waals surface area contributed by atoms with Crippen LogP contribution in [0, 0.1) is 11.8 Å². The standard InChI is InChI=1S/C11H20O/c1-9-7-10-5-3-2-4-6-11(10)12-8-9/h9-11H,2-8H2,1H3/t9-,10+,11-/m1/s1. The Labute approximate surface area is 75.5 Å². The summed E-state index contributed by atoms with van der Waals surface area (Å²) in [5, 5.41) is 0. The first kappa shape index (κ1) is 8.55. The molecule has 12 heavy (non-hydrogen) atoms. The highest BCUT2D eigenvalue weighted by Crippen LogP contribution is 2.34. The van der Waals surface area contributed by atoms with Gasteiger partial charge >= 0.3 is 0 Å². The van der Waals surface area contributed by atoms with E-state index in [1.807, 2.05) is 0 Å². The molecule has 1 aliphatic carbocycles. The topological polar surface area (TPSA) is 9.23 Å². The third kappa shape index (κ3) is 1.82. The Bertz CT molecular complexity index is 144. The van der Waals surface area contributed by atoms with E-state index in [2.05, 4.69) is 6.92 Å². The summed E-state index contributed by atoms with van der Waals surface area (Å²) < 4.78 is 5.87. The van der Waals surface area contributed by atoms with Crippen molar-refractivity contribution in [1.82, 2.24) is 0 Å². The van der Waals surface area contributed by atoms with Crippen LogP contribution in [0.1, 0.15) is 45.4 Å². The highest BCUT2D eigenvalue weighted by atomic mass is 16.5. The zero-order valence-corrected chi connectivity index (χ0v) is 8.09. The van der Waals surface area contributed by atoms with E-state index in [9.17, 15) is 0 Å². The normalized spacial score (nSPS) is 43.2. The fourth-order valence-electron chi connectivity index (χ4n) is 2.71. The molecule has 0 unspecified atom stereocenters. The van der Waals surface area contributed by atoms with Crippen molar-refractivity contribution in [2.24, 2.45) is 11.8 Å². The van der Waals surface area contributed by atoms with Crippen molar-refractivity contribution in [3.63, 3.8) is 0 Å². The lowest BCUT2D eigenvalue weighted by Gasteiger charge is -2.33. The smallest absolute Gasteiger partial charge is 0.0603 e. The van der Waals surface area contributed by atoms with Crippen LogP contribution in [-0.2, 0) is 4.74 Å². The number of hydrogen-bond acceptors (Lipinski definition) is 1. The van der Waals surface area contributed by atoms with Gasteiger partial charge in [-0.3, -0.25) is 0 Å². The molecular weight excluding hydrogens is 148 g/mol. The maximum atomic E-state index is 5.87. The average molecular weight is 168 g/mol. The minimum atomic E-state index is 0.628. The SMILES string of the molecule is C[C@H]1CO[C@@H]2CCCCC[C@H]2C1. The van der Waals surface area contributed by atoms with Crippen molar-refractivity contribution in [3.8, 4) is 0 Å². The molecule has 0 aromatic carbocycles. The molecule has 1 saturated heterocycles. The van der Waals surface area contributed by atoms with Gasteiger partial charge in [0, 0.05) is 6.61 Å². The summed E-state index contributed by atoms with van der Waals surface area (Å²) in [6.07, 6.45) is 9.08. The quantitative estimate of drug-likeness (QED) is 0.540. The van der Waals surface area contributed by atoms with E-state index in [0.29, 0.717) is 6.10 Å². The molecule has 2 aliphatic rings. The molecule has 0 N–H and O–H groups in total. The van der Waals surface area contributed by atoms with Gasteiger partial charge in [-0.2, -0.15) is 0 Å². The number of fused-ring (bicyclic) bond motifs is 1. The zero-order chi connectivity index (χ0) is 8.39. The van der Waals surface area contributed by atoms with Gasteiger partial charge in [0.05, 0.1) is 6.10 Å². The van der Waals surface area contributed by atoms with E-state index in [1.165, 1.54) is 38.5 Å². The van der Waals surface area contributed by atoms with Gasteiger partial charge in [-0.25, -0.2) is 0 Å². The predicted molar refractivity (Wildman–Crippen MR) is 50.1 cm³/mol. The molecule has 2 rings (SSSR count). The number of rotatable bonds is 0. The summed E-state index contributed by atoms with van der Waals surface area (Å²) in [6.45, 7) is 3.34. The fourth-order valence-corrected chi connectivity index (χ4v) is 2.71. The fraction of sp³-hybridized carbons (Fsp3) is 1.00. The molecular formula is C11H20O. The van der Waals surface area contributed by atoms with Gasteiger partial charge in [0.1, 0.15) is 0 Å². The number of ether oxygens (including phenoxy) is 1. The van der Waals surface area contributed by atoms with Crippen LogP contribution in [0.15, 0.2) is 0 Å². The Morgan fingerprint density at radius 2 is 1.92 bits per heavy atom. The maximum absolute atomic E-state index is 5.87. The lowest BCUT2D eigenvalue weighted by atomic mass is 9.86. The van der Waals surface area contributed by atoms with Gasteiger partial charge in [-0.15, -0.1) is 0 Å². The Kier molecular flexibility index (Phi) is 2.69. The summed E-state index contributed by atoms with van der Waals surface area (Å²) >= 11 is 0. The first-order valence-corrected chi connectivity index (χ1v) is 5.48. The molecule has 0 radical (unpaired) electrons. The summed E-state index contributed by atoms with van der Waals surface area (Å²) in [7, 11) is 0. The molecule has 1 heteroatoms. The summed E-state index contributed by atoms with van der Waals surface area (Å²) in [6, 6.07) is 0. The molecule has 0 aromatic heterocycles. The first-order valence-electron chi connectivity index (χ1n) is 5.48. The molecule has 0 spiro atoms. The average Bonchev–Trinajstić information content (AvgIpc) is 2.28. The van der Waals surface area contributed by atoms with E-state index < -0.39 is 0 Å². The first-order chi connectivity index (χ1) is 5.86. The van der Waals surface area contributed by atoms with E-state index in [0.717, 1.165) is 18.4 Å². The minimum absolute atomic E-state index is 0.628. The van der Waals surface area contributed by atoms with E-state index in [1.54, 1.807) is 0 Å². The van der Waals surface area contributed by atoms with Crippen molar-refractivity contribution in [2.45, 2.75) is 51.6 Å². The van der Waals surface area contributed by atoms with Crippen LogP contribution >= 0.6 is 0 Å². The summed E-state index contributed by atoms with van der Waals surface area (Å²) in [4.78, 5) is 0. The highest BCUT2D eigenvalue weighted by molar-refractivity contribution is 4.79. The van der Waals surface area contributed by atoms with Gasteiger partial charge in [0.2, 0.25) is 0 Å². The van der Waals surface area contributed by atoms with E-state index in [-0.39, 0.29) is 0 Å². The van der Waals surface area contributed by atoms with Crippen LogP contribution in [0.4, 0.5) is 0 Å². The van der Waals surface area contributed by atoms with Crippen molar-refractivity contribution >= 4 is 0 Å². The van der Waals surface area contributed by atoms with Gasteiger partial charge in [-0.05, 0) is 31.1 Å². The monoisotopic (exact) mass is 168 g/mol. The van der Waals surface area contributed by atoms with Crippen LogP contribution in [0.2, 0.25) is 0 Å². The molecule has 1 saturated carbocycles. The van der Waals surface area contributed by atoms with Crippen molar-refractivity contribution < 1.29 is 4.74 Å². The van der Waals surface area contributed by atoms with Crippen LogP contribution < -0.4 is 0 Å². The minimum Gasteiger partial charge on any atom is -0.378 e. The lowest BCUT2D eigenvalue weighted by Crippen LogP contribution is -2.32. The molecule has 1 heterocycles. The molecule has 1 nitrogen and oxygen atoms in total. The Balaban J connectivity index is 1.94. The molecule has 2 fully saturated rings. The van der Waals surface area contributed by atoms with Gasteiger partial charge in [0.25, 0.3) is 0 Å². The Morgan fingerprint density at radius 3 is 2.83 bits per heavy atom. The molecule has 0 bridgehead atoms. The second-order valence-corrected chi connectivity index (χ2v) is 4.61. The van der Waals surface area contributed by atoms with Crippen LogP contribution in [0.25, 0.3) is 0 Å². The molecule has 3 atom stereocenters. The van der Waals surface area contributed by atoms with Crippen LogP contribution in [-0.4, -0.2) is 12.7 Å². The molecule has 1 aliphatic heterocycles. The van der Waals surface area contributed by atoms with Gasteiger partial charge < -0.3 is 4.74 Å². The number of hydrogen-bond donors (Lipinski definition) is 0. The molecule has 0 amide bonds. The van der Waals surface area contributed by atoms with Crippen molar-refractivity contribution in [2.75, 3.05) is 6.61 Å². The van der Waals surface area contributed by atoms with E-state index in [4.69, 9.17) is 4.74 Å². The van der Waals surface area contributed by atoms with Crippen LogP contribution in [0.3, 0.4) is 0 Å². The predicted octanol–water partition coefficient (Wildman–Crippen LogP) is 2.99. The third-order valence-corrected chi connectivity index (χ3v) is 3.39. The maximum Gasteiger partial charge on any atom is 0.0603 e. The molecule has 70 valence electrons. The van der Waals surface area contributed by atoms with E-state index >= 15 is 0 Å². The third-order valence-electron chi connectivity index (χ3n) is 3.39. The van der Waals surface area contributed by atoms with Crippen molar-refractivity contribution in [3.05, 3.63) is 0 Å². The second-order valence-electron chi connectivity index (χ2n) is 4.61. The lowest BCUT2D eigenvalue weighted by molar-refractivity contribution is -0.0544. The largest absolute Gasteiger partial charge is 0.378 e. The second kappa shape index (κ2) is 3.78.